The molecular formula is C14H25BrO. The first kappa shape index (κ1) is 12.9. The van der Waals surface area contributed by atoms with Crippen LogP contribution in [0, 0.1) is 5.92 Å². The van der Waals surface area contributed by atoms with Gasteiger partial charge in [-0.15, -0.1) is 0 Å². The fourth-order valence-corrected chi connectivity index (χ4v) is 3.77. The molecule has 0 spiro atoms. The largest absolute Gasteiger partial charge is 0.377 e. The van der Waals surface area contributed by atoms with Gasteiger partial charge >= 0.3 is 0 Å². The zero-order chi connectivity index (χ0) is 11.2. The van der Waals surface area contributed by atoms with Crippen LogP contribution >= 0.6 is 15.9 Å². The van der Waals surface area contributed by atoms with Crippen LogP contribution in [-0.4, -0.2) is 17.5 Å². The van der Waals surface area contributed by atoms with Gasteiger partial charge in [0.05, 0.1) is 6.10 Å². The fourth-order valence-electron chi connectivity index (χ4n) is 3.03. The maximum Gasteiger partial charge on any atom is 0.0700 e. The van der Waals surface area contributed by atoms with Crippen molar-refractivity contribution in [2.24, 2.45) is 5.92 Å². The zero-order valence-corrected chi connectivity index (χ0v) is 11.9. The molecular weight excluding hydrogens is 264 g/mol. The Morgan fingerprint density at radius 1 is 0.812 bits per heavy atom. The van der Waals surface area contributed by atoms with E-state index in [1.807, 2.05) is 0 Å². The third kappa shape index (κ3) is 4.03. The second-order valence-corrected chi connectivity index (χ2v) is 6.71. The first-order valence-corrected chi connectivity index (χ1v) is 8.03. The Labute approximate surface area is 108 Å². The summed E-state index contributed by atoms with van der Waals surface area (Å²) in [5.74, 6) is 0.858. The van der Waals surface area contributed by atoms with E-state index in [-0.39, 0.29) is 0 Å². The van der Waals surface area contributed by atoms with E-state index >= 15 is 0 Å². The van der Waals surface area contributed by atoms with Crippen molar-refractivity contribution in [2.75, 3.05) is 6.61 Å². The molecule has 2 aliphatic carbocycles. The van der Waals surface area contributed by atoms with Gasteiger partial charge in [0.15, 0.2) is 0 Å². The van der Waals surface area contributed by atoms with E-state index in [9.17, 15) is 0 Å². The summed E-state index contributed by atoms with van der Waals surface area (Å²) in [6, 6.07) is 0. The predicted molar refractivity (Wildman–Crippen MR) is 72.1 cm³/mol. The number of hydrogen-bond acceptors (Lipinski definition) is 1. The lowest BCUT2D eigenvalue weighted by Crippen LogP contribution is -2.26. The molecule has 2 aliphatic rings. The molecule has 0 aromatic rings. The summed E-state index contributed by atoms with van der Waals surface area (Å²) in [4.78, 5) is 0.610. The minimum absolute atomic E-state index is 0.490. The number of rotatable bonds is 3. The average molecular weight is 289 g/mol. The van der Waals surface area contributed by atoms with E-state index in [2.05, 4.69) is 15.9 Å². The van der Waals surface area contributed by atoms with E-state index in [0.29, 0.717) is 10.9 Å². The Bertz CT molecular complexity index is 189. The van der Waals surface area contributed by atoms with Crippen LogP contribution in [0.15, 0.2) is 0 Å². The first-order valence-electron chi connectivity index (χ1n) is 7.12. The third-order valence-corrected chi connectivity index (χ3v) is 5.19. The molecule has 2 fully saturated rings. The summed E-state index contributed by atoms with van der Waals surface area (Å²) in [7, 11) is 0. The van der Waals surface area contributed by atoms with Gasteiger partial charge in [-0.2, -0.15) is 0 Å². The van der Waals surface area contributed by atoms with Gasteiger partial charge in [0.25, 0.3) is 0 Å². The Kier molecular flexibility index (Phi) is 5.64. The average Bonchev–Trinajstić information content (AvgIpc) is 2.53. The van der Waals surface area contributed by atoms with Crippen molar-refractivity contribution >= 4 is 15.9 Å². The predicted octanol–water partition coefficient (Wildman–Crippen LogP) is 4.68. The molecule has 0 aromatic heterocycles. The van der Waals surface area contributed by atoms with Gasteiger partial charge in [-0.1, -0.05) is 54.5 Å². The van der Waals surface area contributed by atoms with Crippen LogP contribution in [0.1, 0.15) is 64.2 Å². The smallest absolute Gasteiger partial charge is 0.0700 e. The van der Waals surface area contributed by atoms with E-state index < -0.39 is 0 Å². The highest BCUT2D eigenvalue weighted by molar-refractivity contribution is 9.09. The van der Waals surface area contributed by atoms with Crippen LogP contribution in [-0.2, 0) is 4.74 Å². The summed E-state index contributed by atoms with van der Waals surface area (Å²) in [6.45, 7) is 1.02. The van der Waals surface area contributed by atoms with Crippen molar-refractivity contribution < 1.29 is 4.74 Å². The molecule has 0 radical (unpaired) electrons. The van der Waals surface area contributed by atoms with E-state index in [4.69, 9.17) is 4.74 Å². The molecule has 2 heteroatoms. The second-order valence-electron chi connectivity index (χ2n) is 5.53. The second kappa shape index (κ2) is 7.00. The summed E-state index contributed by atoms with van der Waals surface area (Å²) in [6.07, 6.45) is 14.3. The van der Waals surface area contributed by atoms with Crippen molar-refractivity contribution in [3.05, 3.63) is 0 Å². The molecule has 0 amide bonds. The van der Waals surface area contributed by atoms with Crippen molar-refractivity contribution in [2.45, 2.75) is 75.1 Å². The lowest BCUT2D eigenvalue weighted by atomic mass is 9.90. The Hall–Kier alpha value is 0.440. The minimum atomic E-state index is 0.490. The summed E-state index contributed by atoms with van der Waals surface area (Å²) >= 11 is 3.80. The van der Waals surface area contributed by atoms with Crippen molar-refractivity contribution in [3.63, 3.8) is 0 Å². The van der Waals surface area contributed by atoms with Crippen molar-refractivity contribution in [1.29, 1.82) is 0 Å². The molecule has 0 bridgehead atoms. The first-order chi connectivity index (χ1) is 7.86. The SMILES string of the molecule is BrC1CCCCCC1OCC1CCCCC1. The molecule has 0 N–H and O–H groups in total. The Balaban J connectivity index is 1.70. The highest BCUT2D eigenvalue weighted by Crippen LogP contribution is 2.29. The van der Waals surface area contributed by atoms with E-state index in [1.165, 1.54) is 64.2 Å². The lowest BCUT2D eigenvalue weighted by molar-refractivity contribution is 0.0172. The van der Waals surface area contributed by atoms with Gasteiger partial charge in [-0.05, 0) is 31.6 Å². The summed E-state index contributed by atoms with van der Waals surface area (Å²) in [5.41, 5.74) is 0. The Morgan fingerprint density at radius 3 is 2.19 bits per heavy atom. The molecule has 16 heavy (non-hydrogen) atoms. The zero-order valence-electron chi connectivity index (χ0n) is 10.3. The van der Waals surface area contributed by atoms with Gasteiger partial charge in [-0.3, -0.25) is 0 Å². The Morgan fingerprint density at radius 2 is 1.44 bits per heavy atom. The maximum atomic E-state index is 6.17. The fraction of sp³-hybridized carbons (Fsp3) is 1.00. The van der Waals surface area contributed by atoms with Crippen molar-refractivity contribution in [1.82, 2.24) is 0 Å². The topological polar surface area (TPSA) is 9.23 Å². The molecule has 2 saturated carbocycles. The monoisotopic (exact) mass is 288 g/mol. The molecule has 1 nitrogen and oxygen atoms in total. The standard InChI is InChI=1S/C14H25BrO/c15-13-9-5-2-6-10-14(13)16-11-12-7-3-1-4-8-12/h12-14H,1-11H2. The van der Waals surface area contributed by atoms with Crippen LogP contribution in [0.2, 0.25) is 0 Å². The minimum Gasteiger partial charge on any atom is -0.377 e. The molecule has 0 aromatic carbocycles. The normalized spacial score (nSPS) is 33.6. The molecule has 94 valence electrons. The van der Waals surface area contributed by atoms with Crippen LogP contribution in [0.4, 0.5) is 0 Å². The number of halogens is 1. The maximum absolute atomic E-state index is 6.17. The number of alkyl halides is 1. The molecule has 2 rings (SSSR count). The summed E-state index contributed by atoms with van der Waals surface area (Å²) in [5, 5.41) is 0. The van der Waals surface area contributed by atoms with E-state index in [0.717, 1.165) is 12.5 Å². The molecule has 2 atom stereocenters. The van der Waals surface area contributed by atoms with Gasteiger partial charge in [0, 0.05) is 11.4 Å². The van der Waals surface area contributed by atoms with Crippen LogP contribution < -0.4 is 0 Å². The van der Waals surface area contributed by atoms with Crippen LogP contribution in [0.5, 0.6) is 0 Å². The third-order valence-electron chi connectivity index (χ3n) is 4.14. The molecule has 0 aliphatic heterocycles. The molecule has 0 saturated heterocycles. The highest BCUT2D eigenvalue weighted by Gasteiger charge is 2.23. The highest BCUT2D eigenvalue weighted by atomic mass is 79.9. The van der Waals surface area contributed by atoms with Gasteiger partial charge in [-0.25, -0.2) is 0 Å². The lowest BCUT2D eigenvalue weighted by Gasteiger charge is -2.26. The van der Waals surface area contributed by atoms with Crippen LogP contribution in [0.25, 0.3) is 0 Å². The van der Waals surface area contributed by atoms with Crippen LogP contribution in [0.3, 0.4) is 0 Å². The number of hydrogen-bond donors (Lipinski definition) is 0. The van der Waals surface area contributed by atoms with Crippen molar-refractivity contribution in [3.8, 4) is 0 Å². The molecule has 2 unspecified atom stereocenters. The molecule has 0 heterocycles. The summed E-state index contributed by atoms with van der Waals surface area (Å²) < 4.78 is 6.17. The van der Waals surface area contributed by atoms with Gasteiger partial charge in [0.2, 0.25) is 0 Å². The quantitative estimate of drug-likeness (QED) is 0.541. The van der Waals surface area contributed by atoms with E-state index in [1.54, 1.807) is 0 Å². The number of ether oxygens (including phenoxy) is 1. The van der Waals surface area contributed by atoms with Gasteiger partial charge in [0.1, 0.15) is 0 Å². The van der Waals surface area contributed by atoms with Gasteiger partial charge < -0.3 is 4.74 Å².